The first-order valence-corrected chi connectivity index (χ1v) is 9.42. The molecule has 1 amide bonds. The highest BCUT2D eigenvalue weighted by molar-refractivity contribution is 5.94. The number of nitrogens with one attached hydrogen (secondary N) is 2. The number of amides is 1. The Morgan fingerprint density at radius 3 is 2.62 bits per heavy atom. The van der Waals surface area contributed by atoms with Gasteiger partial charge in [-0.05, 0) is 42.3 Å². The van der Waals surface area contributed by atoms with Crippen LogP contribution in [0.25, 0.3) is 0 Å². The Morgan fingerprint density at radius 2 is 1.86 bits per heavy atom. The van der Waals surface area contributed by atoms with E-state index >= 15 is 0 Å². The summed E-state index contributed by atoms with van der Waals surface area (Å²) in [5.41, 5.74) is 2.62. The number of methoxy groups -OCH3 is 2. The highest BCUT2D eigenvalue weighted by Crippen LogP contribution is 2.17. The molecule has 0 spiro atoms. The molecule has 0 aliphatic heterocycles. The summed E-state index contributed by atoms with van der Waals surface area (Å²) in [6.45, 7) is 1.13. The Labute approximate surface area is 170 Å². The van der Waals surface area contributed by atoms with Crippen molar-refractivity contribution in [1.29, 1.82) is 0 Å². The van der Waals surface area contributed by atoms with E-state index in [-0.39, 0.29) is 5.91 Å². The predicted octanol–water partition coefficient (Wildman–Crippen LogP) is 3.68. The number of ether oxygens (including phenoxy) is 2. The van der Waals surface area contributed by atoms with E-state index in [1.807, 2.05) is 48.5 Å². The minimum atomic E-state index is -0.175. The molecule has 1 aromatic heterocycles. The standard InChI is InChI=1S/C23H25N3O3/c1-28-20-8-5-6-17(14-20)12-13-24-22-11-10-19(16-25-22)23(27)26-15-18-7-3-4-9-21(18)29-2/h3-11,14,16H,12-13,15H2,1-2H3,(H,24,25)(H,26,27). The summed E-state index contributed by atoms with van der Waals surface area (Å²) in [5, 5.41) is 6.16. The summed E-state index contributed by atoms with van der Waals surface area (Å²) in [4.78, 5) is 16.7. The summed E-state index contributed by atoms with van der Waals surface area (Å²) < 4.78 is 10.5. The SMILES string of the molecule is COc1cccc(CCNc2ccc(C(=O)NCc3ccccc3OC)cn2)c1. The largest absolute Gasteiger partial charge is 0.497 e. The van der Waals surface area contributed by atoms with Gasteiger partial charge in [-0.25, -0.2) is 4.98 Å². The number of anilines is 1. The minimum absolute atomic E-state index is 0.175. The van der Waals surface area contributed by atoms with Gasteiger partial charge in [0, 0.05) is 24.8 Å². The molecule has 0 bridgehead atoms. The van der Waals surface area contributed by atoms with Crippen LogP contribution in [0.3, 0.4) is 0 Å². The fourth-order valence-electron chi connectivity index (χ4n) is 2.92. The van der Waals surface area contributed by atoms with Crippen LogP contribution in [-0.2, 0) is 13.0 Å². The molecule has 0 fully saturated rings. The lowest BCUT2D eigenvalue weighted by molar-refractivity contribution is 0.0950. The highest BCUT2D eigenvalue weighted by atomic mass is 16.5. The van der Waals surface area contributed by atoms with Gasteiger partial charge in [0.2, 0.25) is 0 Å². The summed E-state index contributed by atoms with van der Waals surface area (Å²) in [6, 6.07) is 19.2. The zero-order valence-electron chi connectivity index (χ0n) is 16.6. The van der Waals surface area contributed by atoms with Crippen LogP contribution >= 0.6 is 0 Å². The molecule has 0 saturated heterocycles. The molecule has 1 heterocycles. The predicted molar refractivity (Wildman–Crippen MR) is 114 cm³/mol. The lowest BCUT2D eigenvalue weighted by Crippen LogP contribution is -2.23. The number of rotatable bonds is 9. The Hall–Kier alpha value is -3.54. The number of hydrogen-bond acceptors (Lipinski definition) is 5. The van der Waals surface area contributed by atoms with Crippen LogP contribution in [0.1, 0.15) is 21.5 Å². The van der Waals surface area contributed by atoms with Crippen LogP contribution in [0, 0.1) is 0 Å². The number of carbonyl (C=O) groups is 1. The second-order valence-electron chi connectivity index (χ2n) is 6.45. The molecule has 150 valence electrons. The third kappa shape index (κ3) is 5.72. The van der Waals surface area contributed by atoms with Crippen LogP contribution in [-0.4, -0.2) is 31.7 Å². The van der Waals surface area contributed by atoms with Gasteiger partial charge in [-0.2, -0.15) is 0 Å². The molecule has 0 saturated carbocycles. The molecule has 0 radical (unpaired) electrons. The van der Waals surface area contributed by atoms with Crippen LogP contribution in [0.15, 0.2) is 66.9 Å². The van der Waals surface area contributed by atoms with Crippen molar-refractivity contribution in [2.45, 2.75) is 13.0 Å². The summed E-state index contributed by atoms with van der Waals surface area (Å²) in [6.07, 6.45) is 2.42. The zero-order valence-corrected chi connectivity index (χ0v) is 16.6. The van der Waals surface area contributed by atoms with Crippen molar-refractivity contribution in [3.63, 3.8) is 0 Å². The lowest BCUT2D eigenvalue weighted by Gasteiger charge is -2.10. The van der Waals surface area contributed by atoms with Crippen molar-refractivity contribution >= 4 is 11.7 Å². The van der Waals surface area contributed by atoms with Gasteiger partial charge in [-0.1, -0.05) is 30.3 Å². The second-order valence-corrected chi connectivity index (χ2v) is 6.45. The van der Waals surface area contributed by atoms with Crippen molar-refractivity contribution in [1.82, 2.24) is 10.3 Å². The number of hydrogen-bond donors (Lipinski definition) is 2. The van der Waals surface area contributed by atoms with Crippen molar-refractivity contribution in [2.24, 2.45) is 0 Å². The normalized spacial score (nSPS) is 10.3. The van der Waals surface area contributed by atoms with E-state index < -0.39 is 0 Å². The van der Waals surface area contributed by atoms with Crippen molar-refractivity contribution in [3.8, 4) is 11.5 Å². The Morgan fingerprint density at radius 1 is 1.00 bits per heavy atom. The molecule has 3 aromatic rings. The molecule has 0 aliphatic carbocycles. The van der Waals surface area contributed by atoms with E-state index in [2.05, 4.69) is 21.7 Å². The molecule has 0 aliphatic rings. The van der Waals surface area contributed by atoms with Crippen LogP contribution in [0.2, 0.25) is 0 Å². The quantitative estimate of drug-likeness (QED) is 0.582. The topological polar surface area (TPSA) is 72.5 Å². The zero-order chi connectivity index (χ0) is 20.5. The molecular weight excluding hydrogens is 366 g/mol. The molecule has 0 unspecified atom stereocenters. The Kier molecular flexibility index (Phi) is 7.05. The number of aromatic nitrogens is 1. The maximum atomic E-state index is 12.4. The van der Waals surface area contributed by atoms with Gasteiger partial charge in [-0.15, -0.1) is 0 Å². The maximum absolute atomic E-state index is 12.4. The van der Waals surface area contributed by atoms with E-state index in [1.165, 1.54) is 5.56 Å². The first kappa shape index (κ1) is 20.2. The van der Waals surface area contributed by atoms with E-state index in [1.54, 1.807) is 26.5 Å². The van der Waals surface area contributed by atoms with Gasteiger partial charge in [0.05, 0.1) is 19.8 Å². The van der Waals surface area contributed by atoms with Crippen molar-refractivity contribution in [3.05, 3.63) is 83.6 Å². The van der Waals surface area contributed by atoms with Gasteiger partial charge in [-0.3, -0.25) is 4.79 Å². The average molecular weight is 391 g/mol. The maximum Gasteiger partial charge on any atom is 0.253 e. The molecule has 29 heavy (non-hydrogen) atoms. The van der Waals surface area contributed by atoms with Gasteiger partial charge in [0.1, 0.15) is 17.3 Å². The molecule has 2 N–H and O–H groups in total. The Bertz CT molecular complexity index is 942. The van der Waals surface area contributed by atoms with E-state index in [0.717, 1.165) is 35.8 Å². The molecule has 0 atom stereocenters. The number of benzene rings is 2. The van der Waals surface area contributed by atoms with E-state index in [4.69, 9.17) is 9.47 Å². The first-order chi connectivity index (χ1) is 14.2. The Balaban J connectivity index is 1.49. The van der Waals surface area contributed by atoms with Gasteiger partial charge in [0.25, 0.3) is 5.91 Å². The van der Waals surface area contributed by atoms with E-state index in [0.29, 0.717) is 12.1 Å². The molecular formula is C23H25N3O3. The summed E-state index contributed by atoms with van der Waals surface area (Å²) >= 11 is 0. The monoisotopic (exact) mass is 391 g/mol. The third-order valence-electron chi connectivity index (χ3n) is 4.51. The van der Waals surface area contributed by atoms with Gasteiger partial charge in [0.15, 0.2) is 0 Å². The highest BCUT2D eigenvalue weighted by Gasteiger charge is 2.08. The fourth-order valence-corrected chi connectivity index (χ4v) is 2.92. The summed E-state index contributed by atoms with van der Waals surface area (Å²) in [7, 11) is 3.28. The number of carbonyl (C=O) groups excluding carboxylic acids is 1. The molecule has 3 rings (SSSR count). The van der Waals surface area contributed by atoms with E-state index in [9.17, 15) is 4.79 Å². The van der Waals surface area contributed by atoms with Crippen molar-refractivity contribution < 1.29 is 14.3 Å². The third-order valence-corrected chi connectivity index (χ3v) is 4.51. The van der Waals surface area contributed by atoms with Crippen LogP contribution in [0.4, 0.5) is 5.82 Å². The summed E-state index contributed by atoms with van der Waals surface area (Å²) in [5.74, 6) is 2.16. The second kappa shape index (κ2) is 10.1. The first-order valence-electron chi connectivity index (χ1n) is 9.42. The molecule has 6 heteroatoms. The van der Waals surface area contributed by atoms with Gasteiger partial charge < -0.3 is 20.1 Å². The van der Waals surface area contributed by atoms with Crippen molar-refractivity contribution in [2.75, 3.05) is 26.1 Å². The van der Waals surface area contributed by atoms with Gasteiger partial charge >= 0.3 is 0 Å². The number of nitrogens with zero attached hydrogens (tertiary/aromatic N) is 1. The van der Waals surface area contributed by atoms with Crippen LogP contribution in [0.5, 0.6) is 11.5 Å². The molecule has 6 nitrogen and oxygen atoms in total. The lowest BCUT2D eigenvalue weighted by atomic mass is 10.1. The minimum Gasteiger partial charge on any atom is -0.497 e. The number of pyridine rings is 1. The van der Waals surface area contributed by atoms with Crippen LogP contribution < -0.4 is 20.1 Å². The molecule has 2 aromatic carbocycles. The smallest absolute Gasteiger partial charge is 0.253 e. The number of para-hydroxylation sites is 1. The fraction of sp³-hybridized carbons (Fsp3) is 0.217. The average Bonchev–Trinajstić information content (AvgIpc) is 2.78.